The van der Waals surface area contributed by atoms with E-state index < -0.39 is 0 Å². The molecule has 2 heterocycles. The van der Waals surface area contributed by atoms with Crippen LogP contribution in [0.15, 0.2) is 39.3 Å². The summed E-state index contributed by atoms with van der Waals surface area (Å²) in [5.41, 5.74) is 0.833. The number of hydrogen-bond donors (Lipinski definition) is 1. The number of fused-ring (bicyclic) bond motifs is 1. The molecule has 0 aliphatic rings. The van der Waals surface area contributed by atoms with Crippen molar-refractivity contribution in [1.29, 1.82) is 0 Å². The van der Waals surface area contributed by atoms with Crippen LogP contribution >= 0.6 is 0 Å². The number of para-hydroxylation sites is 1. The lowest BCUT2D eigenvalue weighted by Gasteiger charge is -2.09. The van der Waals surface area contributed by atoms with Crippen molar-refractivity contribution in [3.63, 3.8) is 0 Å². The Morgan fingerprint density at radius 2 is 2.14 bits per heavy atom. The molecule has 2 aromatic heterocycles. The lowest BCUT2D eigenvalue weighted by molar-refractivity contribution is 0.367. The molecule has 1 N–H and O–H groups in total. The minimum Gasteiger partial charge on any atom is -0.453 e. The smallest absolute Gasteiger partial charge is 0.238 e. The van der Waals surface area contributed by atoms with Crippen LogP contribution in [0.5, 0.6) is 0 Å². The number of nitrogens with zero attached hydrogens (tertiary/aromatic N) is 2. The van der Waals surface area contributed by atoms with E-state index in [-0.39, 0.29) is 0 Å². The zero-order chi connectivity index (χ0) is 14.7. The molecule has 1 aromatic carbocycles. The quantitative estimate of drug-likeness (QED) is 0.752. The van der Waals surface area contributed by atoms with E-state index in [4.69, 9.17) is 8.94 Å². The Labute approximate surface area is 123 Å². The van der Waals surface area contributed by atoms with E-state index in [1.807, 2.05) is 30.3 Å². The summed E-state index contributed by atoms with van der Waals surface area (Å²) >= 11 is 0. The van der Waals surface area contributed by atoms with Gasteiger partial charge in [0.1, 0.15) is 5.58 Å². The molecule has 1 atom stereocenters. The maximum absolute atomic E-state index is 5.73. The van der Waals surface area contributed by atoms with Crippen LogP contribution in [-0.4, -0.2) is 22.7 Å². The van der Waals surface area contributed by atoms with Gasteiger partial charge in [-0.15, -0.1) is 0 Å². The Kier molecular flexibility index (Phi) is 4.01. The van der Waals surface area contributed by atoms with E-state index >= 15 is 0 Å². The molecule has 3 rings (SSSR count). The molecule has 0 saturated carbocycles. The summed E-state index contributed by atoms with van der Waals surface area (Å²) < 4.78 is 11.0. The zero-order valence-corrected chi connectivity index (χ0v) is 12.3. The topological polar surface area (TPSA) is 64.1 Å². The largest absolute Gasteiger partial charge is 0.453 e. The second-order valence-corrected chi connectivity index (χ2v) is 5.16. The van der Waals surface area contributed by atoms with E-state index in [1.54, 1.807) is 0 Å². The number of benzene rings is 1. The molecule has 0 amide bonds. The maximum atomic E-state index is 5.73. The molecule has 5 nitrogen and oxygen atoms in total. The molecule has 1 unspecified atom stereocenters. The Balaban J connectivity index is 1.72. The van der Waals surface area contributed by atoms with E-state index in [9.17, 15) is 0 Å². The van der Waals surface area contributed by atoms with Crippen LogP contribution in [0, 0.1) is 0 Å². The van der Waals surface area contributed by atoms with Crippen molar-refractivity contribution >= 4 is 11.0 Å². The summed E-state index contributed by atoms with van der Waals surface area (Å²) in [6, 6.07) is 10.2. The third-order valence-electron chi connectivity index (χ3n) is 3.46. The third-order valence-corrected chi connectivity index (χ3v) is 3.46. The average Bonchev–Trinajstić information content (AvgIpc) is 3.11. The number of furan rings is 1. The van der Waals surface area contributed by atoms with Crippen LogP contribution in [0.4, 0.5) is 0 Å². The summed E-state index contributed by atoms with van der Waals surface area (Å²) in [4.78, 5) is 4.41. The van der Waals surface area contributed by atoms with Gasteiger partial charge in [-0.1, -0.05) is 30.3 Å². The molecular formula is C16H19N3O2. The minimum absolute atomic E-state index is 0.441. The van der Waals surface area contributed by atoms with Gasteiger partial charge in [-0.3, -0.25) is 0 Å². The van der Waals surface area contributed by atoms with Crippen molar-refractivity contribution < 1.29 is 8.94 Å². The molecule has 0 bridgehead atoms. The van der Waals surface area contributed by atoms with Gasteiger partial charge in [0, 0.05) is 17.8 Å². The molecular weight excluding hydrogens is 266 g/mol. The van der Waals surface area contributed by atoms with Crippen molar-refractivity contribution in [2.24, 2.45) is 0 Å². The number of hydrogen-bond acceptors (Lipinski definition) is 5. The fourth-order valence-electron chi connectivity index (χ4n) is 2.34. The van der Waals surface area contributed by atoms with Crippen LogP contribution in [0.25, 0.3) is 22.6 Å². The van der Waals surface area contributed by atoms with Gasteiger partial charge in [-0.05, 0) is 32.0 Å². The van der Waals surface area contributed by atoms with Crippen LogP contribution < -0.4 is 5.32 Å². The maximum Gasteiger partial charge on any atom is 0.238 e. The lowest BCUT2D eigenvalue weighted by Crippen LogP contribution is -2.25. The number of nitrogens with one attached hydrogen (secondary N) is 1. The van der Waals surface area contributed by atoms with E-state index in [0.29, 0.717) is 23.5 Å². The minimum atomic E-state index is 0.441. The highest BCUT2D eigenvalue weighted by Gasteiger charge is 2.13. The van der Waals surface area contributed by atoms with Crippen molar-refractivity contribution in [3.05, 3.63) is 36.2 Å². The first-order chi connectivity index (χ1) is 10.3. The lowest BCUT2D eigenvalue weighted by atomic mass is 10.2. The molecule has 110 valence electrons. The Morgan fingerprint density at radius 1 is 1.29 bits per heavy atom. The summed E-state index contributed by atoms with van der Waals surface area (Å²) in [7, 11) is 0. The normalized spacial score (nSPS) is 12.9. The SMILES string of the molecule is CCNC(C)CCc1nc(-c2cc3ccccc3o2)no1. The number of aryl methyl sites for hydroxylation is 1. The van der Waals surface area contributed by atoms with Crippen LogP contribution in [0.2, 0.25) is 0 Å². The molecule has 21 heavy (non-hydrogen) atoms. The monoisotopic (exact) mass is 285 g/mol. The summed E-state index contributed by atoms with van der Waals surface area (Å²) in [6.07, 6.45) is 1.73. The van der Waals surface area contributed by atoms with E-state index in [2.05, 4.69) is 29.3 Å². The Morgan fingerprint density at radius 3 is 2.95 bits per heavy atom. The van der Waals surface area contributed by atoms with Gasteiger partial charge in [0.05, 0.1) is 0 Å². The summed E-state index contributed by atoms with van der Waals surface area (Å²) in [6.45, 7) is 5.22. The second-order valence-electron chi connectivity index (χ2n) is 5.16. The van der Waals surface area contributed by atoms with Gasteiger partial charge in [-0.2, -0.15) is 4.98 Å². The molecule has 3 aromatic rings. The van der Waals surface area contributed by atoms with Crippen molar-refractivity contribution in [2.75, 3.05) is 6.54 Å². The van der Waals surface area contributed by atoms with Gasteiger partial charge >= 0.3 is 0 Å². The standard InChI is InChI=1S/C16H19N3O2/c1-3-17-11(2)8-9-15-18-16(19-21-15)14-10-12-6-4-5-7-13(12)20-14/h4-7,10-11,17H,3,8-9H2,1-2H3. The molecule has 0 spiro atoms. The van der Waals surface area contributed by atoms with Gasteiger partial charge in [-0.25, -0.2) is 0 Å². The fourth-order valence-corrected chi connectivity index (χ4v) is 2.34. The van der Waals surface area contributed by atoms with Crippen molar-refractivity contribution in [1.82, 2.24) is 15.5 Å². The van der Waals surface area contributed by atoms with Gasteiger partial charge in [0.2, 0.25) is 11.7 Å². The average molecular weight is 285 g/mol. The fraction of sp³-hybridized carbons (Fsp3) is 0.375. The van der Waals surface area contributed by atoms with Gasteiger partial charge in [0.25, 0.3) is 0 Å². The molecule has 0 aliphatic carbocycles. The number of aromatic nitrogens is 2. The summed E-state index contributed by atoms with van der Waals surface area (Å²) in [5, 5.41) is 8.41. The van der Waals surface area contributed by atoms with E-state index in [1.165, 1.54) is 0 Å². The highest BCUT2D eigenvalue weighted by Crippen LogP contribution is 2.25. The Hall–Kier alpha value is -2.14. The Bertz CT molecular complexity index is 684. The zero-order valence-electron chi connectivity index (χ0n) is 12.3. The number of rotatable bonds is 6. The highest BCUT2D eigenvalue weighted by molar-refractivity contribution is 5.81. The van der Waals surface area contributed by atoms with Gasteiger partial charge in [0.15, 0.2) is 5.76 Å². The van der Waals surface area contributed by atoms with Crippen LogP contribution in [0.3, 0.4) is 0 Å². The second kappa shape index (κ2) is 6.10. The molecule has 0 fully saturated rings. The predicted octanol–water partition coefficient (Wildman–Crippen LogP) is 3.41. The highest BCUT2D eigenvalue weighted by atomic mass is 16.5. The first-order valence-corrected chi connectivity index (χ1v) is 7.31. The van der Waals surface area contributed by atoms with Gasteiger partial charge < -0.3 is 14.3 Å². The van der Waals surface area contributed by atoms with Crippen LogP contribution in [0.1, 0.15) is 26.2 Å². The first-order valence-electron chi connectivity index (χ1n) is 7.31. The predicted molar refractivity (Wildman–Crippen MR) is 81.0 cm³/mol. The third kappa shape index (κ3) is 3.13. The molecule has 0 aliphatic heterocycles. The van der Waals surface area contributed by atoms with Crippen LogP contribution in [-0.2, 0) is 6.42 Å². The first kappa shape index (κ1) is 13.8. The van der Waals surface area contributed by atoms with Crippen molar-refractivity contribution in [2.45, 2.75) is 32.7 Å². The molecule has 5 heteroatoms. The molecule has 0 radical (unpaired) electrons. The molecule has 0 saturated heterocycles. The van der Waals surface area contributed by atoms with Crippen molar-refractivity contribution in [3.8, 4) is 11.6 Å². The van der Waals surface area contributed by atoms with E-state index in [0.717, 1.165) is 30.4 Å². The summed E-state index contributed by atoms with van der Waals surface area (Å²) in [5.74, 6) is 1.80.